The standard InChI is InChI=1S/C34H49FN6O4/c1-5-29(42)37-30(34(45)41-20-18-39(4)19-21-41)23(3)25-15-16-27(26(35)22-25)36-33(44)31(24-12-9-7-8-10-13-24)38-32(43)28-14-11-17-40(28)6-2/h11,14-17,22-24,30-31H,5-10,12-13,18-21H2,1-4H3,(H,36,44)(H,37,42)(H,38,43)/t23-,30+,31-/m0/s1. The smallest absolute Gasteiger partial charge is 0.268 e. The molecule has 2 fully saturated rings. The number of benzene rings is 1. The summed E-state index contributed by atoms with van der Waals surface area (Å²) in [5.74, 6) is -2.45. The average Bonchev–Trinajstić information content (AvgIpc) is 3.37. The van der Waals surface area contributed by atoms with E-state index in [0.717, 1.165) is 51.6 Å². The number of anilines is 1. The predicted molar refractivity (Wildman–Crippen MR) is 172 cm³/mol. The maximum Gasteiger partial charge on any atom is 0.268 e. The highest BCUT2D eigenvalue weighted by Gasteiger charge is 2.34. The van der Waals surface area contributed by atoms with E-state index in [1.807, 2.05) is 24.7 Å². The van der Waals surface area contributed by atoms with Crippen LogP contribution >= 0.6 is 0 Å². The maximum atomic E-state index is 15.6. The van der Waals surface area contributed by atoms with Crippen molar-refractivity contribution in [1.29, 1.82) is 0 Å². The Hall–Kier alpha value is -3.73. The lowest BCUT2D eigenvalue weighted by Gasteiger charge is -2.36. The molecule has 246 valence electrons. The average molecular weight is 625 g/mol. The van der Waals surface area contributed by atoms with Crippen LogP contribution in [-0.4, -0.2) is 83.3 Å². The fourth-order valence-electron chi connectivity index (χ4n) is 6.37. The molecule has 1 aromatic carbocycles. The van der Waals surface area contributed by atoms with Gasteiger partial charge in [-0.05, 0) is 62.6 Å². The van der Waals surface area contributed by atoms with Crippen LogP contribution in [0, 0.1) is 11.7 Å². The normalized spacial score (nSPS) is 18.4. The third-order valence-corrected chi connectivity index (χ3v) is 9.34. The van der Waals surface area contributed by atoms with Crippen LogP contribution in [0.15, 0.2) is 36.5 Å². The highest BCUT2D eigenvalue weighted by atomic mass is 19.1. The summed E-state index contributed by atoms with van der Waals surface area (Å²) >= 11 is 0. The Morgan fingerprint density at radius 1 is 0.956 bits per heavy atom. The zero-order chi connectivity index (χ0) is 32.5. The molecule has 0 unspecified atom stereocenters. The third-order valence-electron chi connectivity index (χ3n) is 9.34. The Balaban J connectivity index is 1.52. The Bertz CT molecular complexity index is 1330. The van der Waals surface area contributed by atoms with Gasteiger partial charge in [0.05, 0.1) is 5.69 Å². The monoisotopic (exact) mass is 624 g/mol. The summed E-state index contributed by atoms with van der Waals surface area (Å²) in [6.45, 7) is 8.69. The SMILES string of the molecule is CCC(=O)N[C@@H](C(=O)N1CCN(C)CC1)[C@@H](C)c1ccc(NC(=O)[C@@H](NC(=O)c2cccn2CC)C2CCCCCC2)c(F)c1. The minimum absolute atomic E-state index is 0.000271. The molecule has 4 rings (SSSR count). The number of carbonyl (C=O) groups is 4. The van der Waals surface area contributed by atoms with Gasteiger partial charge >= 0.3 is 0 Å². The molecule has 1 saturated carbocycles. The molecule has 4 amide bonds. The minimum Gasteiger partial charge on any atom is -0.344 e. The molecule has 0 radical (unpaired) electrons. The van der Waals surface area contributed by atoms with Gasteiger partial charge in [-0.15, -0.1) is 0 Å². The fourth-order valence-corrected chi connectivity index (χ4v) is 6.37. The molecule has 1 aromatic heterocycles. The van der Waals surface area contributed by atoms with Crippen LogP contribution in [0.2, 0.25) is 0 Å². The summed E-state index contributed by atoms with van der Waals surface area (Å²) in [5.41, 5.74) is 1.01. The van der Waals surface area contributed by atoms with Crippen molar-refractivity contribution in [3.8, 4) is 0 Å². The molecule has 45 heavy (non-hydrogen) atoms. The molecule has 2 heterocycles. The molecule has 2 aliphatic rings. The number of hydrogen-bond acceptors (Lipinski definition) is 5. The van der Waals surface area contributed by atoms with E-state index in [-0.39, 0.29) is 35.7 Å². The van der Waals surface area contributed by atoms with Gasteiger partial charge in [0.25, 0.3) is 5.91 Å². The second-order valence-corrected chi connectivity index (χ2v) is 12.4. The van der Waals surface area contributed by atoms with Crippen LogP contribution < -0.4 is 16.0 Å². The number of nitrogens with zero attached hydrogens (tertiary/aromatic N) is 3. The van der Waals surface area contributed by atoms with E-state index in [1.54, 1.807) is 36.9 Å². The van der Waals surface area contributed by atoms with Crippen LogP contribution in [-0.2, 0) is 20.9 Å². The first-order valence-corrected chi connectivity index (χ1v) is 16.5. The first-order chi connectivity index (χ1) is 21.6. The molecule has 3 N–H and O–H groups in total. The van der Waals surface area contributed by atoms with Crippen molar-refractivity contribution < 1.29 is 23.6 Å². The summed E-state index contributed by atoms with van der Waals surface area (Å²) in [5, 5.41) is 8.56. The van der Waals surface area contributed by atoms with Crippen LogP contribution in [0.5, 0.6) is 0 Å². The minimum atomic E-state index is -0.849. The lowest BCUT2D eigenvalue weighted by Crippen LogP contribution is -2.55. The van der Waals surface area contributed by atoms with Gasteiger partial charge in [0.2, 0.25) is 17.7 Å². The lowest BCUT2D eigenvalue weighted by molar-refractivity contribution is -0.138. The molecule has 0 spiro atoms. The van der Waals surface area contributed by atoms with Crippen molar-refractivity contribution >= 4 is 29.3 Å². The molecular formula is C34H49FN6O4. The molecule has 2 aromatic rings. The molecule has 10 nitrogen and oxygen atoms in total. The lowest BCUT2D eigenvalue weighted by atomic mass is 9.90. The van der Waals surface area contributed by atoms with E-state index in [4.69, 9.17) is 0 Å². The number of carbonyl (C=O) groups excluding carboxylic acids is 4. The van der Waals surface area contributed by atoms with E-state index in [0.29, 0.717) is 30.9 Å². The van der Waals surface area contributed by atoms with Gasteiger partial charge in [0.1, 0.15) is 23.6 Å². The van der Waals surface area contributed by atoms with Crippen LogP contribution in [0.4, 0.5) is 10.1 Å². The van der Waals surface area contributed by atoms with Gasteiger partial charge < -0.3 is 30.3 Å². The largest absolute Gasteiger partial charge is 0.344 e. The topological polar surface area (TPSA) is 116 Å². The summed E-state index contributed by atoms with van der Waals surface area (Å²) in [7, 11) is 2.00. The number of halogens is 1. The summed E-state index contributed by atoms with van der Waals surface area (Å²) < 4.78 is 17.4. The van der Waals surface area contributed by atoms with Gasteiger partial charge in [-0.2, -0.15) is 0 Å². The number of amides is 4. The van der Waals surface area contributed by atoms with Crippen molar-refractivity contribution in [2.45, 2.75) is 90.3 Å². The molecule has 11 heteroatoms. The number of likely N-dealkylation sites (N-methyl/N-ethyl adjacent to an activating group) is 1. The first-order valence-electron chi connectivity index (χ1n) is 16.5. The Kier molecular flexibility index (Phi) is 12.2. The van der Waals surface area contributed by atoms with Gasteiger partial charge in [-0.25, -0.2) is 4.39 Å². The molecule has 1 aliphatic carbocycles. The Labute approximate surface area is 266 Å². The molecule has 3 atom stereocenters. The van der Waals surface area contributed by atoms with Crippen molar-refractivity contribution in [3.05, 3.63) is 53.6 Å². The van der Waals surface area contributed by atoms with Gasteiger partial charge in [-0.3, -0.25) is 19.2 Å². The maximum absolute atomic E-state index is 15.6. The number of aryl methyl sites for hydroxylation is 1. The van der Waals surface area contributed by atoms with Crippen molar-refractivity contribution in [3.63, 3.8) is 0 Å². The number of aromatic nitrogens is 1. The van der Waals surface area contributed by atoms with Gasteiger partial charge in [0.15, 0.2) is 0 Å². The second-order valence-electron chi connectivity index (χ2n) is 12.4. The fraction of sp³-hybridized carbons (Fsp3) is 0.588. The summed E-state index contributed by atoms with van der Waals surface area (Å²) in [4.78, 5) is 56.8. The van der Waals surface area contributed by atoms with E-state index >= 15 is 4.39 Å². The van der Waals surface area contributed by atoms with Crippen LogP contribution in [0.1, 0.15) is 87.7 Å². The zero-order valence-electron chi connectivity index (χ0n) is 27.1. The summed E-state index contributed by atoms with van der Waals surface area (Å²) in [6, 6.07) is 6.35. The molecular weight excluding hydrogens is 575 g/mol. The van der Waals surface area contributed by atoms with Crippen molar-refractivity contribution in [2.75, 3.05) is 38.5 Å². The van der Waals surface area contributed by atoms with E-state index < -0.39 is 29.7 Å². The van der Waals surface area contributed by atoms with E-state index in [9.17, 15) is 19.2 Å². The molecule has 0 bridgehead atoms. The quantitative estimate of drug-likeness (QED) is 0.326. The highest BCUT2D eigenvalue weighted by molar-refractivity contribution is 6.01. The Morgan fingerprint density at radius 3 is 2.27 bits per heavy atom. The number of hydrogen-bond donors (Lipinski definition) is 3. The van der Waals surface area contributed by atoms with Gasteiger partial charge in [0, 0.05) is 51.3 Å². The van der Waals surface area contributed by atoms with Crippen molar-refractivity contribution in [2.24, 2.45) is 5.92 Å². The number of nitrogens with one attached hydrogen (secondary N) is 3. The number of rotatable bonds is 11. The third kappa shape index (κ3) is 8.71. The highest BCUT2D eigenvalue weighted by Crippen LogP contribution is 2.29. The number of piperazine rings is 1. The predicted octanol–water partition coefficient (Wildman–Crippen LogP) is 4.13. The zero-order valence-corrected chi connectivity index (χ0v) is 27.1. The summed E-state index contributed by atoms with van der Waals surface area (Å²) in [6.07, 6.45) is 7.77. The van der Waals surface area contributed by atoms with E-state index in [1.165, 1.54) is 12.1 Å². The van der Waals surface area contributed by atoms with Gasteiger partial charge in [-0.1, -0.05) is 45.6 Å². The van der Waals surface area contributed by atoms with Crippen LogP contribution in [0.3, 0.4) is 0 Å². The van der Waals surface area contributed by atoms with E-state index in [2.05, 4.69) is 20.9 Å². The second kappa shape index (κ2) is 16.0. The Morgan fingerprint density at radius 2 is 1.64 bits per heavy atom. The van der Waals surface area contributed by atoms with Crippen molar-refractivity contribution in [1.82, 2.24) is 25.0 Å². The van der Waals surface area contributed by atoms with Crippen LogP contribution in [0.25, 0.3) is 0 Å². The molecule has 1 saturated heterocycles. The first kappa shape index (κ1) is 34.1. The molecule has 1 aliphatic heterocycles.